The van der Waals surface area contributed by atoms with Gasteiger partial charge in [-0.25, -0.2) is 0 Å². The first-order valence-corrected chi connectivity index (χ1v) is 8.55. The van der Waals surface area contributed by atoms with Crippen LogP contribution in [-0.4, -0.2) is 40.9 Å². The molecule has 0 aromatic carbocycles. The number of amides is 1. The molecule has 2 aromatic rings. The maximum Gasteiger partial charge on any atom is 0.272 e. The Balaban J connectivity index is 1.88. The summed E-state index contributed by atoms with van der Waals surface area (Å²) in [5.41, 5.74) is 2.60. The Morgan fingerprint density at radius 2 is 1.96 bits per heavy atom. The van der Waals surface area contributed by atoms with E-state index in [2.05, 4.69) is 22.2 Å². The monoisotopic (exact) mass is 326 g/mol. The van der Waals surface area contributed by atoms with E-state index < -0.39 is 0 Å². The van der Waals surface area contributed by atoms with E-state index in [1.165, 1.54) is 18.4 Å². The molecule has 0 aliphatic carbocycles. The van der Waals surface area contributed by atoms with E-state index in [-0.39, 0.29) is 5.91 Å². The molecule has 0 spiro atoms. The Hall–Kier alpha value is -2.43. The number of nitrogens with zero attached hydrogens (tertiary/aromatic N) is 3. The normalized spacial score (nSPS) is 10.4. The molecule has 0 aliphatic rings. The third-order valence-electron chi connectivity index (χ3n) is 3.92. The minimum atomic E-state index is -0.0544. The van der Waals surface area contributed by atoms with Crippen molar-refractivity contribution < 1.29 is 4.79 Å². The number of hydrogen-bond acceptors (Lipinski definition) is 4. The Kier molecular flexibility index (Phi) is 7.21. The fourth-order valence-electron chi connectivity index (χ4n) is 2.41. The van der Waals surface area contributed by atoms with Gasteiger partial charge in [0.15, 0.2) is 0 Å². The number of hydrogen-bond donors (Lipinski definition) is 1. The first-order chi connectivity index (χ1) is 11.7. The van der Waals surface area contributed by atoms with Gasteiger partial charge in [-0.2, -0.15) is 0 Å². The van der Waals surface area contributed by atoms with Crippen molar-refractivity contribution in [3.8, 4) is 0 Å². The number of anilines is 1. The molecule has 5 nitrogen and oxygen atoms in total. The summed E-state index contributed by atoms with van der Waals surface area (Å²) in [6.45, 7) is 3.76. The third-order valence-corrected chi connectivity index (χ3v) is 3.92. The summed E-state index contributed by atoms with van der Waals surface area (Å²) in [7, 11) is 1.81. The van der Waals surface area contributed by atoms with Crippen LogP contribution in [0.3, 0.4) is 0 Å². The summed E-state index contributed by atoms with van der Waals surface area (Å²) in [5, 5.41) is 3.35. The highest BCUT2D eigenvalue weighted by molar-refractivity contribution is 5.92. The number of unbranched alkanes of at least 4 members (excludes halogenated alkanes) is 2. The zero-order valence-corrected chi connectivity index (χ0v) is 14.5. The van der Waals surface area contributed by atoms with Gasteiger partial charge in [0, 0.05) is 44.4 Å². The summed E-state index contributed by atoms with van der Waals surface area (Å²) in [6.07, 6.45) is 9.57. The Morgan fingerprint density at radius 3 is 2.71 bits per heavy atom. The van der Waals surface area contributed by atoms with Gasteiger partial charge in [-0.05, 0) is 42.7 Å². The van der Waals surface area contributed by atoms with E-state index in [0.717, 1.165) is 25.1 Å². The highest BCUT2D eigenvalue weighted by Gasteiger charge is 2.13. The van der Waals surface area contributed by atoms with Crippen LogP contribution in [0.4, 0.5) is 5.69 Å². The molecule has 24 heavy (non-hydrogen) atoms. The van der Waals surface area contributed by atoms with Gasteiger partial charge in [0.2, 0.25) is 0 Å². The Bertz CT molecular complexity index is 630. The van der Waals surface area contributed by atoms with Gasteiger partial charge in [-0.1, -0.05) is 19.8 Å². The molecule has 2 rings (SSSR count). The van der Waals surface area contributed by atoms with Crippen LogP contribution in [0.15, 0.2) is 42.9 Å². The number of rotatable bonds is 9. The maximum atomic E-state index is 12.5. The number of carbonyl (C=O) groups is 1. The van der Waals surface area contributed by atoms with Crippen molar-refractivity contribution in [2.24, 2.45) is 0 Å². The Morgan fingerprint density at radius 1 is 1.17 bits per heavy atom. The summed E-state index contributed by atoms with van der Waals surface area (Å²) in [6, 6.07) is 7.67. The van der Waals surface area contributed by atoms with Gasteiger partial charge in [0.05, 0.1) is 0 Å². The SMILES string of the molecule is CCCCCNc1ccnc(C(=O)N(C)CCc2ccncc2)c1. The average molecular weight is 326 g/mol. The van der Waals surface area contributed by atoms with Crippen molar-refractivity contribution in [2.75, 3.05) is 25.5 Å². The minimum Gasteiger partial charge on any atom is -0.385 e. The standard InChI is InChI=1S/C19H26N4O/c1-3-4-5-10-21-17-8-13-22-18(15-17)19(24)23(2)14-9-16-6-11-20-12-7-16/h6-8,11-13,15H,3-5,9-10,14H2,1-2H3,(H,21,22). The lowest BCUT2D eigenvalue weighted by molar-refractivity contribution is 0.0791. The highest BCUT2D eigenvalue weighted by Crippen LogP contribution is 2.11. The minimum absolute atomic E-state index is 0.0544. The zero-order valence-electron chi connectivity index (χ0n) is 14.5. The predicted molar refractivity (Wildman–Crippen MR) is 97.2 cm³/mol. The molecule has 0 aliphatic heterocycles. The largest absolute Gasteiger partial charge is 0.385 e. The number of pyridine rings is 2. The van der Waals surface area contributed by atoms with Crippen LogP contribution in [-0.2, 0) is 6.42 Å². The number of aromatic nitrogens is 2. The third kappa shape index (κ3) is 5.65. The lowest BCUT2D eigenvalue weighted by Crippen LogP contribution is -2.29. The van der Waals surface area contributed by atoms with Crippen molar-refractivity contribution in [1.29, 1.82) is 0 Å². The quantitative estimate of drug-likeness (QED) is 0.718. The van der Waals surface area contributed by atoms with Gasteiger partial charge in [-0.3, -0.25) is 14.8 Å². The van der Waals surface area contributed by atoms with Gasteiger partial charge in [-0.15, -0.1) is 0 Å². The molecule has 0 atom stereocenters. The second kappa shape index (κ2) is 9.65. The van der Waals surface area contributed by atoms with E-state index in [4.69, 9.17) is 0 Å². The molecule has 0 unspecified atom stereocenters. The second-order valence-electron chi connectivity index (χ2n) is 5.90. The fraction of sp³-hybridized carbons (Fsp3) is 0.421. The summed E-state index contributed by atoms with van der Waals surface area (Å²) in [4.78, 5) is 22.5. The molecule has 1 amide bonds. The van der Waals surface area contributed by atoms with Gasteiger partial charge >= 0.3 is 0 Å². The van der Waals surface area contributed by atoms with Crippen molar-refractivity contribution in [3.63, 3.8) is 0 Å². The van der Waals surface area contributed by atoms with E-state index >= 15 is 0 Å². The molecule has 0 saturated heterocycles. The molecular weight excluding hydrogens is 300 g/mol. The molecule has 128 valence electrons. The van der Waals surface area contributed by atoms with E-state index in [1.54, 1.807) is 23.5 Å². The van der Waals surface area contributed by atoms with Crippen LogP contribution in [0, 0.1) is 0 Å². The van der Waals surface area contributed by atoms with Crippen LogP contribution in [0.1, 0.15) is 42.2 Å². The predicted octanol–water partition coefficient (Wildman–Crippen LogP) is 3.39. The number of nitrogens with one attached hydrogen (secondary N) is 1. The van der Waals surface area contributed by atoms with Crippen molar-refractivity contribution in [2.45, 2.75) is 32.6 Å². The molecule has 0 bridgehead atoms. The maximum absolute atomic E-state index is 12.5. The van der Waals surface area contributed by atoms with Gasteiger partial charge in [0.1, 0.15) is 5.69 Å². The summed E-state index contributed by atoms with van der Waals surface area (Å²) < 4.78 is 0. The van der Waals surface area contributed by atoms with Crippen LogP contribution >= 0.6 is 0 Å². The molecule has 0 fully saturated rings. The van der Waals surface area contributed by atoms with Crippen molar-refractivity contribution >= 4 is 11.6 Å². The van der Waals surface area contributed by atoms with E-state index in [9.17, 15) is 4.79 Å². The van der Waals surface area contributed by atoms with E-state index in [0.29, 0.717) is 12.2 Å². The topological polar surface area (TPSA) is 58.1 Å². The molecule has 0 saturated carbocycles. The Labute approximate surface area is 144 Å². The lowest BCUT2D eigenvalue weighted by Gasteiger charge is -2.17. The highest BCUT2D eigenvalue weighted by atomic mass is 16.2. The van der Waals surface area contributed by atoms with E-state index in [1.807, 2.05) is 31.3 Å². The molecule has 2 aromatic heterocycles. The van der Waals surface area contributed by atoms with Crippen LogP contribution < -0.4 is 5.32 Å². The lowest BCUT2D eigenvalue weighted by atomic mass is 10.2. The average Bonchev–Trinajstić information content (AvgIpc) is 2.64. The molecule has 2 heterocycles. The first-order valence-electron chi connectivity index (χ1n) is 8.55. The van der Waals surface area contributed by atoms with Crippen molar-refractivity contribution in [1.82, 2.24) is 14.9 Å². The molecular formula is C19H26N4O. The van der Waals surface area contributed by atoms with Crippen molar-refractivity contribution in [3.05, 3.63) is 54.1 Å². The molecule has 5 heteroatoms. The zero-order chi connectivity index (χ0) is 17.2. The van der Waals surface area contributed by atoms with Crippen LogP contribution in [0.25, 0.3) is 0 Å². The summed E-state index contributed by atoms with van der Waals surface area (Å²) >= 11 is 0. The first kappa shape index (κ1) is 17.9. The van der Waals surface area contributed by atoms with Crippen LogP contribution in [0.2, 0.25) is 0 Å². The smallest absolute Gasteiger partial charge is 0.272 e. The second-order valence-corrected chi connectivity index (χ2v) is 5.90. The number of likely N-dealkylation sites (N-methyl/N-ethyl adjacent to an activating group) is 1. The van der Waals surface area contributed by atoms with Gasteiger partial charge in [0.25, 0.3) is 5.91 Å². The molecule has 1 N–H and O–H groups in total. The van der Waals surface area contributed by atoms with Crippen LogP contribution in [0.5, 0.6) is 0 Å². The fourth-order valence-corrected chi connectivity index (χ4v) is 2.41. The summed E-state index contributed by atoms with van der Waals surface area (Å²) in [5.74, 6) is -0.0544. The van der Waals surface area contributed by atoms with Gasteiger partial charge < -0.3 is 10.2 Å². The molecule has 0 radical (unpaired) electrons. The number of carbonyl (C=O) groups excluding carboxylic acids is 1.